The number of aromatic nitrogens is 1. The van der Waals surface area contributed by atoms with Crippen LogP contribution in [0.1, 0.15) is 5.56 Å². The summed E-state index contributed by atoms with van der Waals surface area (Å²) in [6, 6.07) is 4.34. The van der Waals surface area contributed by atoms with Gasteiger partial charge in [-0.05, 0) is 18.2 Å². The molecule has 0 saturated carbocycles. The van der Waals surface area contributed by atoms with Gasteiger partial charge in [0.15, 0.2) is 5.76 Å². The van der Waals surface area contributed by atoms with E-state index < -0.39 is 0 Å². The molecule has 0 spiro atoms. The van der Waals surface area contributed by atoms with E-state index in [1.165, 1.54) is 12.1 Å². The Bertz CT molecular complexity index is 493. The van der Waals surface area contributed by atoms with Gasteiger partial charge in [-0.25, -0.2) is 4.39 Å². The van der Waals surface area contributed by atoms with E-state index in [9.17, 15) is 4.39 Å². The van der Waals surface area contributed by atoms with Crippen LogP contribution in [0.4, 0.5) is 4.39 Å². The number of benzene rings is 1. The minimum atomic E-state index is -0.309. The second-order valence-corrected chi connectivity index (χ2v) is 3.11. The van der Waals surface area contributed by atoms with Crippen LogP contribution >= 0.6 is 0 Å². The molecular weight excluding hydrogens is 185 g/mol. The van der Waals surface area contributed by atoms with Crippen LogP contribution in [0.15, 0.2) is 28.9 Å². The maximum atomic E-state index is 13.0. The summed E-state index contributed by atoms with van der Waals surface area (Å²) < 4.78 is 23.4. The molecule has 0 radical (unpaired) electrons. The van der Waals surface area contributed by atoms with E-state index in [1.54, 1.807) is 12.3 Å². The van der Waals surface area contributed by atoms with E-state index in [0.717, 1.165) is 5.56 Å². The van der Waals surface area contributed by atoms with Gasteiger partial charge >= 0.3 is 0 Å². The number of hydrogen-bond donors (Lipinski definition) is 0. The second kappa shape index (κ2) is 2.57. The molecule has 0 unspecified atom stereocenters. The molecule has 1 aliphatic rings. The lowest BCUT2D eigenvalue weighted by Gasteiger charge is -2.14. The molecule has 0 amide bonds. The number of halogens is 1. The average molecular weight is 191 g/mol. The maximum absolute atomic E-state index is 13.0. The van der Waals surface area contributed by atoms with Crippen molar-refractivity contribution in [3.63, 3.8) is 0 Å². The molecule has 1 aromatic heterocycles. The summed E-state index contributed by atoms with van der Waals surface area (Å²) in [7, 11) is 0. The number of fused-ring (bicyclic) bond motifs is 3. The van der Waals surface area contributed by atoms with E-state index in [2.05, 4.69) is 5.16 Å². The minimum Gasteiger partial charge on any atom is -0.488 e. The topological polar surface area (TPSA) is 35.3 Å². The number of rotatable bonds is 0. The molecule has 14 heavy (non-hydrogen) atoms. The summed E-state index contributed by atoms with van der Waals surface area (Å²) in [6.07, 6.45) is 1.59. The van der Waals surface area contributed by atoms with E-state index in [1.807, 2.05) is 0 Å². The highest BCUT2D eigenvalue weighted by Crippen LogP contribution is 2.37. The van der Waals surface area contributed by atoms with Crippen LogP contribution in [0, 0.1) is 5.82 Å². The first-order valence-corrected chi connectivity index (χ1v) is 4.21. The predicted molar refractivity (Wildman–Crippen MR) is 46.2 cm³/mol. The van der Waals surface area contributed by atoms with Crippen LogP contribution in [0.5, 0.6) is 5.75 Å². The highest BCUT2D eigenvalue weighted by molar-refractivity contribution is 5.69. The van der Waals surface area contributed by atoms with Gasteiger partial charge in [-0.3, -0.25) is 0 Å². The SMILES string of the molecule is Fc1ccc2c(c1)-c1oncc1CO2. The summed E-state index contributed by atoms with van der Waals surface area (Å²) in [5, 5.41) is 3.65. The minimum absolute atomic E-state index is 0.309. The molecular formula is C10H6FNO2. The molecule has 70 valence electrons. The van der Waals surface area contributed by atoms with Crippen molar-refractivity contribution in [2.45, 2.75) is 6.61 Å². The molecule has 3 rings (SSSR count). The Morgan fingerprint density at radius 1 is 1.36 bits per heavy atom. The molecule has 0 saturated heterocycles. The first-order valence-electron chi connectivity index (χ1n) is 4.21. The number of ether oxygens (including phenoxy) is 1. The molecule has 0 N–H and O–H groups in total. The van der Waals surface area contributed by atoms with Crippen LogP contribution in [-0.4, -0.2) is 5.16 Å². The van der Waals surface area contributed by atoms with Gasteiger partial charge in [-0.15, -0.1) is 0 Å². The van der Waals surface area contributed by atoms with Crippen molar-refractivity contribution >= 4 is 0 Å². The average Bonchev–Trinajstić information content (AvgIpc) is 2.65. The first kappa shape index (κ1) is 7.55. The Labute approximate surface area is 79.1 Å². The third-order valence-corrected chi connectivity index (χ3v) is 2.21. The van der Waals surface area contributed by atoms with E-state index in [4.69, 9.17) is 9.26 Å². The lowest BCUT2D eigenvalue weighted by molar-refractivity contribution is 0.297. The highest BCUT2D eigenvalue weighted by Gasteiger charge is 2.21. The molecule has 1 aliphatic heterocycles. The summed E-state index contributed by atoms with van der Waals surface area (Å²) in [5.41, 5.74) is 1.48. The lowest BCUT2D eigenvalue weighted by Crippen LogP contribution is -2.03. The number of nitrogens with zero attached hydrogens (tertiary/aromatic N) is 1. The fourth-order valence-corrected chi connectivity index (χ4v) is 1.55. The van der Waals surface area contributed by atoms with Crippen molar-refractivity contribution in [3.05, 3.63) is 35.8 Å². The van der Waals surface area contributed by atoms with Gasteiger partial charge in [-0.1, -0.05) is 5.16 Å². The lowest BCUT2D eigenvalue weighted by atomic mass is 10.1. The smallest absolute Gasteiger partial charge is 0.177 e. The van der Waals surface area contributed by atoms with Gasteiger partial charge < -0.3 is 9.26 Å². The van der Waals surface area contributed by atoms with Crippen molar-refractivity contribution in [2.24, 2.45) is 0 Å². The van der Waals surface area contributed by atoms with Crippen molar-refractivity contribution in [1.82, 2.24) is 5.16 Å². The van der Waals surface area contributed by atoms with Crippen LogP contribution in [0.25, 0.3) is 11.3 Å². The normalized spacial score (nSPS) is 12.9. The monoisotopic (exact) mass is 191 g/mol. The van der Waals surface area contributed by atoms with E-state index in [-0.39, 0.29) is 5.82 Å². The maximum Gasteiger partial charge on any atom is 0.177 e. The largest absolute Gasteiger partial charge is 0.488 e. The van der Waals surface area contributed by atoms with Gasteiger partial charge in [0.05, 0.1) is 17.3 Å². The molecule has 0 atom stereocenters. The molecule has 0 bridgehead atoms. The summed E-state index contributed by atoms with van der Waals surface area (Å²) in [6.45, 7) is 0.428. The van der Waals surface area contributed by atoms with Crippen LogP contribution in [0.3, 0.4) is 0 Å². The predicted octanol–water partition coefficient (Wildman–Crippen LogP) is 2.37. The van der Waals surface area contributed by atoms with Crippen LogP contribution in [0.2, 0.25) is 0 Å². The molecule has 3 nitrogen and oxygen atoms in total. The molecule has 0 aliphatic carbocycles. The zero-order valence-electron chi connectivity index (χ0n) is 7.16. The molecule has 4 heteroatoms. The Morgan fingerprint density at radius 3 is 3.21 bits per heavy atom. The highest BCUT2D eigenvalue weighted by atomic mass is 19.1. The van der Waals surface area contributed by atoms with E-state index in [0.29, 0.717) is 23.7 Å². The Kier molecular flexibility index (Phi) is 1.39. The Balaban J connectivity index is 2.28. The fourth-order valence-electron chi connectivity index (χ4n) is 1.55. The van der Waals surface area contributed by atoms with Crippen molar-refractivity contribution in [3.8, 4) is 17.1 Å². The first-order chi connectivity index (χ1) is 6.84. The molecule has 1 aromatic carbocycles. The van der Waals surface area contributed by atoms with Gasteiger partial charge in [0.1, 0.15) is 18.2 Å². The zero-order valence-corrected chi connectivity index (χ0v) is 7.16. The van der Waals surface area contributed by atoms with Gasteiger partial charge in [-0.2, -0.15) is 0 Å². The Hall–Kier alpha value is -1.84. The quantitative estimate of drug-likeness (QED) is 0.641. The molecule has 2 aromatic rings. The van der Waals surface area contributed by atoms with Gasteiger partial charge in [0, 0.05) is 0 Å². The van der Waals surface area contributed by atoms with Crippen molar-refractivity contribution < 1.29 is 13.7 Å². The third-order valence-electron chi connectivity index (χ3n) is 2.21. The van der Waals surface area contributed by atoms with Crippen molar-refractivity contribution in [1.29, 1.82) is 0 Å². The third kappa shape index (κ3) is 0.937. The summed E-state index contributed by atoms with van der Waals surface area (Å²) in [5.74, 6) is 0.929. The number of hydrogen-bond acceptors (Lipinski definition) is 3. The van der Waals surface area contributed by atoms with Crippen LogP contribution in [-0.2, 0) is 6.61 Å². The van der Waals surface area contributed by atoms with Crippen molar-refractivity contribution in [2.75, 3.05) is 0 Å². The summed E-state index contributed by atoms with van der Waals surface area (Å²) >= 11 is 0. The van der Waals surface area contributed by atoms with Crippen LogP contribution < -0.4 is 4.74 Å². The molecule has 0 fully saturated rings. The van der Waals surface area contributed by atoms with Gasteiger partial charge in [0.2, 0.25) is 0 Å². The summed E-state index contributed by atoms with van der Waals surface area (Å²) in [4.78, 5) is 0. The molecule has 2 heterocycles. The second-order valence-electron chi connectivity index (χ2n) is 3.11. The Morgan fingerprint density at radius 2 is 2.29 bits per heavy atom. The van der Waals surface area contributed by atoms with Gasteiger partial charge in [0.25, 0.3) is 0 Å². The van der Waals surface area contributed by atoms with E-state index >= 15 is 0 Å². The zero-order chi connectivity index (χ0) is 9.54. The fraction of sp³-hybridized carbons (Fsp3) is 0.100. The standard InChI is InChI=1S/C10H6FNO2/c11-7-1-2-9-8(3-7)10-6(5-13-9)4-12-14-10/h1-4H,5H2.